The molecule has 0 aromatic heterocycles. The van der Waals surface area contributed by atoms with Gasteiger partial charge in [0.05, 0.1) is 0 Å². The van der Waals surface area contributed by atoms with Gasteiger partial charge < -0.3 is 9.84 Å². The highest BCUT2D eigenvalue weighted by Gasteiger charge is 2.32. The van der Waals surface area contributed by atoms with Crippen LogP contribution in [-0.2, 0) is 11.2 Å². The Hall–Kier alpha value is -1.62. The summed E-state index contributed by atoms with van der Waals surface area (Å²) in [5.41, 5.74) is 0.874. The second kappa shape index (κ2) is 5.40. The lowest BCUT2D eigenvalue weighted by atomic mass is 10.0. The van der Waals surface area contributed by atoms with Gasteiger partial charge in [0.1, 0.15) is 23.7 Å². The smallest absolute Gasteiger partial charge is 0.320 e. The summed E-state index contributed by atoms with van der Waals surface area (Å²) in [4.78, 5) is 13.3. The number of hydrogen-bond donors (Lipinski definition) is 1. The van der Waals surface area contributed by atoms with Gasteiger partial charge in [-0.2, -0.15) is 0 Å². The number of aliphatic carboxylic acids is 1. The number of hydrogen-bond acceptors (Lipinski definition) is 3. The molecule has 2 atom stereocenters. The number of fused-ring (bicyclic) bond motifs is 1. The Morgan fingerprint density at radius 3 is 3.10 bits per heavy atom. The number of carboxylic acid groups (broad SMARTS) is 1. The van der Waals surface area contributed by atoms with E-state index < -0.39 is 12.0 Å². The third-order valence-electron chi connectivity index (χ3n) is 4.10. The second-order valence-electron chi connectivity index (χ2n) is 5.54. The van der Waals surface area contributed by atoms with Crippen molar-refractivity contribution in [3.63, 3.8) is 0 Å². The van der Waals surface area contributed by atoms with Crippen LogP contribution in [0.4, 0.5) is 4.39 Å². The molecule has 20 heavy (non-hydrogen) atoms. The summed E-state index contributed by atoms with van der Waals surface area (Å²) in [6.07, 6.45) is 3.26. The SMILES string of the molecule is O=C(O)C1CCCCN1CC1Cc2cc(F)ccc2O1. The molecule has 0 spiro atoms. The Kier molecular flexibility index (Phi) is 3.61. The van der Waals surface area contributed by atoms with Crippen LogP contribution in [0.1, 0.15) is 24.8 Å². The first kappa shape index (κ1) is 13.4. The Morgan fingerprint density at radius 2 is 2.30 bits per heavy atom. The van der Waals surface area contributed by atoms with Crippen molar-refractivity contribution in [3.05, 3.63) is 29.6 Å². The lowest BCUT2D eigenvalue weighted by Gasteiger charge is -2.34. The molecule has 1 N–H and O–H groups in total. The molecule has 0 bridgehead atoms. The summed E-state index contributed by atoms with van der Waals surface area (Å²) >= 11 is 0. The predicted molar refractivity (Wildman–Crippen MR) is 71.4 cm³/mol. The van der Waals surface area contributed by atoms with Crippen LogP contribution in [0.25, 0.3) is 0 Å². The normalized spacial score (nSPS) is 26.1. The number of halogens is 1. The molecular weight excluding hydrogens is 261 g/mol. The topological polar surface area (TPSA) is 49.8 Å². The van der Waals surface area contributed by atoms with Gasteiger partial charge in [0.2, 0.25) is 0 Å². The zero-order valence-corrected chi connectivity index (χ0v) is 11.2. The Morgan fingerprint density at radius 1 is 1.45 bits per heavy atom. The van der Waals surface area contributed by atoms with Crippen LogP contribution in [0.15, 0.2) is 18.2 Å². The molecule has 1 aromatic rings. The van der Waals surface area contributed by atoms with Gasteiger partial charge in [-0.15, -0.1) is 0 Å². The quantitative estimate of drug-likeness (QED) is 0.920. The molecule has 5 heteroatoms. The number of nitrogens with zero attached hydrogens (tertiary/aromatic N) is 1. The van der Waals surface area contributed by atoms with Crippen LogP contribution in [0.3, 0.4) is 0 Å². The van der Waals surface area contributed by atoms with Crippen molar-refractivity contribution >= 4 is 5.97 Å². The molecule has 0 radical (unpaired) electrons. The van der Waals surface area contributed by atoms with Crippen LogP contribution in [0.5, 0.6) is 5.75 Å². The fraction of sp³-hybridized carbons (Fsp3) is 0.533. The first-order valence-electron chi connectivity index (χ1n) is 7.05. The van der Waals surface area contributed by atoms with E-state index in [2.05, 4.69) is 0 Å². The highest BCUT2D eigenvalue weighted by atomic mass is 19.1. The van der Waals surface area contributed by atoms with Crippen molar-refractivity contribution < 1.29 is 19.0 Å². The van der Waals surface area contributed by atoms with Crippen molar-refractivity contribution in [2.24, 2.45) is 0 Å². The van der Waals surface area contributed by atoms with Gasteiger partial charge in [0.25, 0.3) is 0 Å². The highest BCUT2D eigenvalue weighted by molar-refractivity contribution is 5.73. The van der Waals surface area contributed by atoms with Gasteiger partial charge in [0, 0.05) is 18.5 Å². The average Bonchev–Trinajstić information content (AvgIpc) is 2.80. The van der Waals surface area contributed by atoms with Crippen molar-refractivity contribution in [2.45, 2.75) is 37.8 Å². The number of likely N-dealkylation sites (tertiary alicyclic amines) is 1. The van der Waals surface area contributed by atoms with Gasteiger partial charge in [-0.05, 0) is 37.6 Å². The van der Waals surface area contributed by atoms with E-state index in [9.17, 15) is 14.3 Å². The lowest BCUT2D eigenvalue weighted by molar-refractivity contribution is -0.145. The third-order valence-corrected chi connectivity index (χ3v) is 4.10. The number of ether oxygens (including phenoxy) is 1. The van der Waals surface area contributed by atoms with E-state index in [0.717, 1.165) is 30.7 Å². The van der Waals surface area contributed by atoms with Gasteiger partial charge in [-0.1, -0.05) is 6.42 Å². The molecule has 3 rings (SSSR count). The molecule has 0 saturated carbocycles. The minimum atomic E-state index is -0.758. The Labute approximate surface area is 117 Å². The van der Waals surface area contributed by atoms with Crippen molar-refractivity contribution in [2.75, 3.05) is 13.1 Å². The molecule has 2 aliphatic heterocycles. The number of carbonyl (C=O) groups is 1. The summed E-state index contributed by atoms with van der Waals surface area (Å²) in [5, 5.41) is 9.26. The largest absolute Gasteiger partial charge is 0.488 e. The number of piperidine rings is 1. The summed E-state index contributed by atoms with van der Waals surface area (Å²) in [7, 11) is 0. The van der Waals surface area contributed by atoms with E-state index in [1.54, 1.807) is 6.07 Å². The van der Waals surface area contributed by atoms with Crippen molar-refractivity contribution in [3.8, 4) is 5.75 Å². The summed E-state index contributed by atoms with van der Waals surface area (Å²) in [6.45, 7) is 1.38. The third kappa shape index (κ3) is 2.63. The van der Waals surface area contributed by atoms with E-state index in [1.165, 1.54) is 12.1 Å². The first-order chi connectivity index (χ1) is 9.63. The summed E-state index contributed by atoms with van der Waals surface area (Å²) in [6, 6.07) is 4.13. The van der Waals surface area contributed by atoms with E-state index in [-0.39, 0.29) is 11.9 Å². The predicted octanol–water partition coefficient (Wildman–Crippen LogP) is 2.07. The van der Waals surface area contributed by atoms with Gasteiger partial charge in [-0.3, -0.25) is 9.69 Å². The van der Waals surface area contributed by atoms with Crippen molar-refractivity contribution in [1.82, 2.24) is 4.90 Å². The van der Waals surface area contributed by atoms with Crippen molar-refractivity contribution in [1.29, 1.82) is 0 Å². The summed E-state index contributed by atoms with van der Waals surface area (Å²) in [5.74, 6) is -0.291. The van der Waals surface area contributed by atoms with E-state index >= 15 is 0 Å². The molecule has 2 unspecified atom stereocenters. The highest BCUT2D eigenvalue weighted by Crippen LogP contribution is 2.30. The minimum absolute atomic E-state index is 0.0771. The molecule has 1 aromatic carbocycles. The monoisotopic (exact) mass is 279 g/mol. The molecule has 1 saturated heterocycles. The molecule has 1 fully saturated rings. The fourth-order valence-electron chi connectivity index (χ4n) is 3.14. The van der Waals surface area contributed by atoms with E-state index in [4.69, 9.17) is 4.74 Å². The van der Waals surface area contributed by atoms with Crippen LogP contribution >= 0.6 is 0 Å². The van der Waals surface area contributed by atoms with E-state index in [0.29, 0.717) is 19.4 Å². The van der Waals surface area contributed by atoms with E-state index in [1.807, 2.05) is 4.90 Å². The van der Waals surface area contributed by atoms with Gasteiger partial charge in [0.15, 0.2) is 0 Å². The maximum atomic E-state index is 13.2. The molecule has 4 nitrogen and oxygen atoms in total. The number of rotatable bonds is 3. The molecular formula is C15H18FNO3. The average molecular weight is 279 g/mol. The lowest BCUT2D eigenvalue weighted by Crippen LogP contribution is -2.48. The standard InChI is InChI=1S/C15H18FNO3/c16-11-4-5-14-10(7-11)8-12(20-14)9-17-6-2-1-3-13(17)15(18)19/h4-5,7,12-13H,1-3,6,8-9H2,(H,18,19). The number of carboxylic acids is 1. The zero-order valence-electron chi connectivity index (χ0n) is 11.2. The Bertz CT molecular complexity index is 520. The summed E-state index contributed by atoms with van der Waals surface area (Å²) < 4.78 is 19.0. The molecule has 108 valence electrons. The van der Waals surface area contributed by atoms with Crippen LogP contribution in [0.2, 0.25) is 0 Å². The molecule has 0 aliphatic carbocycles. The molecule has 2 heterocycles. The number of benzene rings is 1. The van der Waals surface area contributed by atoms with Crippen LogP contribution in [-0.4, -0.2) is 41.2 Å². The maximum Gasteiger partial charge on any atom is 0.320 e. The zero-order chi connectivity index (χ0) is 14.1. The second-order valence-corrected chi connectivity index (χ2v) is 5.54. The van der Waals surface area contributed by atoms with Crippen LogP contribution in [0, 0.1) is 5.82 Å². The van der Waals surface area contributed by atoms with Gasteiger partial charge in [-0.25, -0.2) is 4.39 Å². The molecule has 0 amide bonds. The minimum Gasteiger partial charge on any atom is -0.488 e. The first-order valence-corrected chi connectivity index (χ1v) is 7.05. The maximum absolute atomic E-state index is 13.2. The Balaban J connectivity index is 1.66. The molecule has 2 aliphatic rings. The fourth-order valence-corrected chi connectivity index (χ4v) is 3.14. The van der Waals surface area contributed by atoms with Gasteiger partial charge >= 0.3 is 5.97 Å². The van der Waals surface area contributed by atoms with Crippen LogP contribution < -0.4 is 4.74 Å².